The zero-order valence-electron chi connectivity index (χ0n) is 15.1. The number of nitrogens with one attached hydrogen (secondary N) is 1. The van der Waals surface area contributed by atoms with Gasteiger partial charge in [0.05, 0.1) is 12.8 Å². The monoisotopic (exact) mass is 449 g/mol. The van der Waals surface area contributed by atoms with Crippen LogP contribution in [0.5, 0.6) is 0 Å². The molecule has 1 unspecified atom stereocenters. The molecule has 1 heterocycles. The third-order valence-electron chi connectivity index (χ3n) is 4.65. The first-order valence-electron chi connectivity index (χ1n) is 8.81. The van der Waals surface area contributed by atoms with Crippen LogP contribution in [0.4, 0.5) is 0 Å². The molecule has 1 atom stereocenters. The Balaban J connectivity index is 0.00000288. The Hall–Kier alpha value is -0.760. The third-order valence-corrected chi connectivity index (χ3v) is 4.65. The van der Waals surface area contributed by atoms with E-state index >= 15 is 0 Å². The highest BCUT2D eigenvalue weighted by Gasteiger charge is 2.21. The van der Waals surface area contributed by atoms with E-state index in [1.54, 1.807) is 18.4 Å². The summed E-state index contributed by atoms with van der Waals surface area (Å²) in [5.74, 6) is 3.04. The molecule has 24 heavy (non-hydrogen) atoms. The molecule has 1 aliphatic carbocycles. The number of halogens is 1. The van der Waals surface area contributed by atoms with Gasteiger partial charge in [-0.05, 0) is 43.7 Å². The Kier molecular flexibility index (Phi) is 9.73. The average Bonchev–Trinajstić information content (AvgIpc) is 3.07. The Morgan fingerprint density at radius 2 is 2.12 bits per heavy atom. The molecular weight excluding hydrogens is 417 g/mol. The topological polar surface area (TPSA) is 61.0 Å². The summed E-state index contributed by atoms with van der Waals surface area (Å²) in [7, 11) is 2.08. The van der Waals surface area contributed by atoms with Crippen LogP contribution in [-0.4, -0.2) is 42.6 Å². The van der Waals surface area contributed by atoms with Crippen molar-refractivity contribution < 1.29 is 9.52 Å². The molecule has 0 bridgehead atoms. The number of guanidine groups is 1. The largest absolute Gasteiger partial charge is 0.467 e. The molecule has 0 amide bonds. The molecule has 0 aliphatic heterocycles. The van der Waals surface area contributed by atoms with Gasteiger partial charge in [-0.3, -0.25) is 0 Å². The second kappa shape index (κ2) is 11.0. The van der Waals surface area contributed by atoms with Gasteiger partial charge in [0, 0.05) is 20.1 Å². The maximum Gasteiger partial charge on any atom is 0.193 e. The van der Waals surface area contributed by atoms with E-state index in [0.29, 0.717) is 12.3 Å². The van der Waals surface area contributed by atoms with Gasteiger partial charge in [-0.1, -0.05) is 19.8 Å². The van der Waals surface area contributed by atoms with Gasteiger partial charge >= 0.3 is 0 Å². The van der Waals surface area contributed by atoms with Gasteiger partial charge in [0.1, 0.15) is 11.9 Å². The molecule has 6 heteroatoms. The molecule has 1 fully saturated rings. The summed E-state index contributed by atoms with van der Waals surface area (Å²) in [6.45, 7) is 6.56. The fourth-order valence-electron chi connectivity index (χ4n) is 3.20. The molecule has 138 valence electrons. The number of aliphatic hydroxyl groups excluding tert-OH is 1. The highest BCUT2D eigenvalue weighted by Crippen LogP contribution is 2.28. The minimum Gasteiger partial charge on any atom is -0.467 e. The lowest BCUT2D eigenvalue weighted by molar-refractivity contribution is 0.158. The fraction of sp³-hybridized carbons (Fsp3) is 0.722. The highest BCUT2D eigenvalue weighted by molar-refractivity contribution is 14.0. The lowest BCUT2D eigenvalue weighted by atomic mass is 9.83. The van der Waals surface area contributed by atoms with Crippen LogP contribution in [0, 0.1) is 11.8 Å². The predicted octanol–water partition coefficient (Wildman–Crippen LogP) is 3.65. The van der Waals surface area contributed by atoms with Gasteiger partial charge < -0.3 is 19.7 Å². The first-order valence-corrected chi connectivity index (χ1v) is 8.81. The van der Waals surface area contributed by atoms with Crippen molar-refractivity contribution in [3.63, 3.8) is 0 Å². The van der Waals surface area contributed by atoms with Gasteiger partial charge in [0.15, 0.2) is 5.96 Å². The van der Waals surface area contributed by atoms with E-state index in [-0.39, 0.29) is 24.0 Å². The van der Waals surface area contributed by atoms with Gasteiger partial charge in [0.25, 0.3) is 0 Å². The van der Waals surface area contributed by atoms with E-state index in [1.807, 2.05) is 0 Å². The first-order chi connectivity index (χ1) is 11.1. The maximum absolute atomic E-state index is 10.1. The number of rotatable bonds is 6. The summed E-state index contributed by atoms with van der Waals surface area (Å²) in [6, 6.07) is 3.56. The van der Waals surface area contributed by atoms with Crippen LogP contribution in [0.15, 0.2) is 27.8 Å². The van der Waals surface area contributed by atoms with Crippen molar-refractivity contribution in [2.75, 3.05) is 26.7 Å². The minimum atomic E-state index is -0.692. The molecule has 1 aromatic heterocycles. The Morgan fingerprint density at radius 3 is 2.71 bits per heavy atom. The van der Waals surface area contributed by atoms with Gasteiger partial charge in [-0.15, -0.1) is 24.0 Å². The Bertz CT molecular complexity index is 471. The zero-order valence-corrected chi connectivity index (χ0v) is 17.4. The van der Waals surface area contributed by atoms with Crippen molar-refractivity contribution in [3.8, 4) is 0 Å². The van der Waals surface area contributed by atoms with Crippen molar-refractivity contribution in [3.05, 3.63) is 24.2 Å². The smallest absolute Gasteiger partial charge is 0.193 e. The normalized spacial score (nSPS) is 22.6. The van der Waals surface area contributed by atoms with Crippen molar-refractivity contribution in [1.29, 1.82) is 0 Å². The molecule has 2 rings (SSSR count). The molecule has 0 saturated heterocycles. The molecule has 2 N–H and O–H groups in total. The highest BCUT2D eigenvalue weighted by atomic mass is 127. The van der Waals surface area contributed by atoms with E-state index < -0.39 is 6.10 Å². The standard InChI is InChI=1S/C18H31N3O2.HI/c1-4-19-18(20-12-16(22)17-6-5-11-23-17)21(3)13-15-9-7-14(2)8-10-15;/h5-6,11,14-16,22H,4,7-10,12-13H2,1-3H3,(H,19,20);1H. The van der Waals surface area contributed by atoms with Crippen LogP contribution in [0.2, 0.25) is 0 Å². The molecule has 1 aliphatic rings. The molecule has 0 spiro atoms. The van der Waals surface area contributed by atoms with Crippen molar-refractivity contribution >= 4 is 29.9 Å². The second-order valence-corrected chi connectivity index (χ2v) is 6.73. The Morgan fingerprint density at radius 1 is 1.42 bits per heavy atom. The zero-order chi connectivity index (χ0) is 16.7. The van der Waals surface area contributed by atoms with Gasteiger partial charge in [0.2, 0.25) is 0 Å². The van der Waals surface area contributed by atoms with E-state index in [2.05, 4.69) is 36.1 Å². The molecule has 0 aromatic carbocycles. The summed E-state index contributed by atoms with van der Waals surface area (Å²) >= 11 is 0. The van der Waals surface area contributed by atoms with E-state index in [9.17, 15) is 5.11 Å². The number of hydrogen-bond donors (Lipinski definition) is 2. The van der Waals surface area contributed by atoms with Crippen LogP contribution >= 0.6 is 24.0 Å². The number of aliphatic imine (C=N–C) groups is 1. The van der Waals surface area contributed by atoms with Crippen LogP contribution in [0.25, 0.3) is 0 Å². The lowest BCUT2D eigenvalue weighted by Gasteiger charge is -2.31. The average molecular weight is 449 g/mol. The van der Waals surface area contributed by atoms with Crippen LogP contribution in [0.1, 0.15) is 51.4 Å². The minimum absolute atomic E-state index is 0. The number of nitrogens with zero attached hydrogens (tertiary/aromatic N) is 2. The number of hydrogen-bond acceptors (Lipinski definition) is 3. The quantitative estimate of drug-likeness (QED) is 0.396. The van der Waals surface area contributed by atoms with E-state index in [0.717, 1.165) is 30.9 Å². The van der Waals surface area contributed by atoms with Crippen LogP contribution in [0.3, 0.4) is 0 Å². The molecule has 1 saturated carbocycles. The number of furan rings is 1. The van der Waals surface area contributed by atoms with Crippen LogP contribution < -0.4 is 5.32 Å². The first kappa shape index (κ1) is 21.3. The van der Waals surface area contributed by atoms with Gasteiger partial charge in [-0.25, -0.2) is 4.99 Å². The molecular formula is C18H32IN3O2. The number of aliphatic hydroxyl groups is 1. The summed E-state index contributed by atoms with van der Waals surface area (Å²) in [6.07, 6.45) is 6.17. The van der Waals surface area contributed by atoms with E-state index in [1.165, 1.54) is 25.7 Å². The maximum atomic E-state index is 10.1. The van der Waals surface area contributed by atoms with Crippen molar-refractivity contribution in [1.82, 2.24) is 10.2 Å². The summed E-state index contributed by atoms with van der Waals surface area (Å²) in [5.41, 5.74) is 0. The van der Waals surface area contributed by atoms with Crippen LogP contribution in [-0.2, 0) is 0 Å². The predicted molar refractivity (Wildman–Crippen MR) is 109 cm³/mol. The summed E-state index contributed by atoms with van der Waals surface area (Å²) in [5, 5.41) is 13.4. The summed E-state index contributed by atoms with van der Waals surface area (Å²) < 4.78 is 5.23. The molecule has 5 nitrogen and oxygen atoms in total. The summed E-state index contributed by atoms with van der Waals surface area (Å²) in [4.78, 5) is 6.76. The molecule has 0 radical (unpaired) electrons. The Labute approximate surface area is 162 Å². The fourth-order valence-corrected chi connectivity index (χ4v) is 3.20. The van der Waals surface area contributed by atoms with Crippen molar-refractivity contribution in [2.24, 2.45) is 16.8 Å². The van der Waals surface area contributed by atoms with Crippen molar-refractivity contribution in [2.45, 2.75) is 45.6 Å². The third kappa shape index (κ3) is 6.63. The molecule has 1 aromatic rings. The van der Waals surface area contributed by atoms with Gasteiger partial charge in [-0.2, -0.15) is 0 Å². The second-order valence-electron chi connectivity index (χ2n) is 6.73. The van der Waals surface area contributed by atoms with E-state index in [4.69, 9.17) is 4.42 Å². The SMILES string of the molecule is CCNC(=NCC(O)c1ccco1)N(C)CC1CCC(C)CC1.I. The lowest BCUT2D eigenvalue weighted by Crippen LogP contribution is -2.42.